The first kappa shape index (κ1) is 21.2. The van der Waals surface area contributed by atoms with Gasteiger partial charge in [0.15, 0.2) is 0 Å². The van der Waals surface area contributed by atoms with E-state index in [4.69, 9.17) is 22.1 Å². The Morgan fingerprint density at radius 2 is 1.90 bits per heavy atom. The molecule has 1 fully saturated rings. The number of hydrogen-bond donors (Lipinski definition) is 2. The van der Waals surface area contributed by atoms with Gasteiger partial charge in [0.2, 0.25) is 0 Å². The van der Waals surface area contributed by atoms with Gasteiger partial charge in [0.1, 0.15) is 11.9 Å². The zero-order valence-corrected chi connectivity index (χ0v) is 18.2. The van der Waals surface area contributed by atoms with Gasteiger partial charge in [-0.05, 0) is 73.0 Å². The van der Waals surface area contributed by atoms with Gasteiger partial charge in [0, 0.05) is 29.4 Å². The number of nitrogens with two attached hydrogens (primary N) is 1. The fourth-order valence-corrected chi connectivity index (χ4v) is 4.12. The van der Waals surface area contributed by atoms with Crippen LogP contribution in [0.15, 0.2) is 66.7 Å². The Hall–Kier alpha value is -3.02. The van der Waals surface area contributed by atoms with Gasteiger partial charge in [0.05, 0.1) is 0 Å². The molecule has 4 rings (SSSR count). The number of urea groups is 1. The zero-order chi connectivity index (χ0) is 21.8. The number of ether oxygens (including phenoxy) is 1. The van der Waals surface area contributed by atoms with Gasteiger partial charge in [-0.1, -0.05) is 41.9 Å². The van der Waals surface area contributed by atoms with Crippen LogP contribution >= 0.6 is 11.6 Å². The maximum Gasteiger partial charge on any atom is 0.316 e. The third kappa shape index (κ3) is 5.57. The lowest BCUT2D eigenvalue weighted by Gasteiger charge is -2.18. The number of nitrogens with one attached hydrogen (secondary N) is 1. The molecule has 0 aliphatic carbocycles. The van der Waals surface area contributed by atoms with Crippen LogP contribution in [0.2, 0.25) is 5.02 Å². The molecule has 0 bridgehead atoms. The standard InChI is InChI=1S/C25H26ClN3O2/c1-29-12-11-22(16-29)31-24-10-7-18(14-23(24)19-3-2-4-20(26)15-19)13-17-5-8-21(9-6-17)28-25(27)30/h2-10,14-15,22H,11-13,16H2,1H3,(H3,27,28,30)/t22-/m1/s1. The third-order valence-corrected chi connectivity index (χ3v) is 5.69. The van der Waals surface area contributed by atoms with E-state index in [-0.39, 0.29) is 6.10 Å². The highest BCUT2D eigenvalue weighted by atomic mass is 35.5. The van der Waals surface area contributed by atoms with Crippen molar-refractivity contribution in [2.75, 3.05) is 25.5 Å². The van der Waals surface area contributed by atoms with Crippen molar-refractivity contribution in [2.24, 2.45) is 5.73 Å². The average Bonchev–Trinajstić information content (AvgIpc) is 3.15. The molecule has 1 heterocycles. The first-order valence-corrected chi connectivity index (χ1v) is 10.7. The summed E-state index contributed by atoms with van der Waals surface area (Å²) in [6, 6.07) is 21.3. The number of rotatable bonds is 6. The van der Waals surface area contributed by atoms with Gasteiger partial charge in [-0.25, -0.2) is 4.79 Å². The summed E-state index contributed by atoms with van der Waals surface area (Å²) in [6.45, 7) is 1.98. The zero-order valence-electron chi connectivity index (χ0n) is 17.5. The topological polar surface area (TPSA) is 67.6 Å². The van der Waals surface area contributed by atoms with Crippen molar-refractivity contribution in [3.8, 4) is 16.9 Å². The van der Waals surface area contributed by atoms with Crippen molar-refractivity contribution in [1.82, 2.24) is 4.90 Å². The van der Waals surface area contributed by atoms with E-state index in [0.29, 0.717) is 10.7 Å². The van der Waals surface area contributed by atoms with Crippen molar-refractivity contribution >= 4 is 23.3 Å². The molecule has 1 atom stereocenters. The molecule has 31 heavy (non-hydrogen) atoms. The second-order valence-corrected chi connectivity index (χ2v) is 8.43. The number of carbonyl (C=O) groups excluding carboxylic acids is 1. The first-order valence-electron chi connectivity index (χ1n) is 10.4. The van der Waals surface area contributed by atoms with E-state index < -0.39 is 6.03 Å². The van der Waals surface area contributed by atoms with Crippen molar-refractivity contribution < 1.29 is 9.53 Å². The Labute approximate surface area is 187 Å². The van der Waals surface area contributed by atoms with Crippen molar-refractivity contribution in [3.05, 3.63) is 82.9 Å². The van der Waals surface area contributed by atoms with Crippen LogP contribution in [0.3, 0.4) is 0 Å². The van der Waals surface area contributed by atoms with E-state index in [2.05, 4.69) is 41.5 Å². The third-order valence-electron chi connectivity index (χ3n) is 5.45. The maximum absolute atomic E-state index is 11.0. The minimum Gasteiger partial charge on any atom is -0.488 e. The molecule has 0 spiro atoms. The van der Waals surface area contributed by atoms with Crippen molar-refractivity contribution in [2.45, 2.75) is 18.9 Å². The molecule has 1 aliphatic rings. The van der Waals surface area contributed by atoms with Crippen LogP contribution in [0.5, 0.6) is 5.75 Å². The number of benzene rings is 3. The highest BCUT2D eigenvalue weighted by molar-refractivity contribution is 6.30. The summed E-state index contributed by atoms with van der Waals surface area (Å²) in [4.78, 5) is 13.3. The summed E-state index contributed by atoms with van der Waals surface area (Å²) in [5, 5.41) is 3.28. The van der Waals surface area contributed by atoms with Crippen LogP contribution in [0.1, 0.15) is 17.5 Å². The number of halogens is 1. The molecule has 2 amide bonds. The van der Waals surface area contributed by atoms with E-state index in [1.54, 1.807) is 0 Å². The predicted molar refractivity (Wildman–Crippen MR) is 126 cm³/mol. The lowest BCUT2D eigenvalue weighted by atomic mass is 9.98. The number of hydrogen-bond acceptors (Lipinski definition) is 3. The summed E-state index contributed by atoms with van der Waals surface area (Å²) >= 11 is 6.27. The predicted octanol–water partition coefficient (Wildman–Crippen LogP) is 5.17. The minimum absolute atomic E-state index is 0.194. The fraction of sp³-hybridized carbons (Fsp3) is 0.240. The van der Waals surface area contributed by atoms with Crippen molar-refractivity contribution in [3.63, 3.8) is 0 Å². The van der Waals surface area contributed by atoms with Crippen LogP contribution in [0.25, 0.3) is 11.1 Å². The quantitative estimate of drug-likeness (QED) is 0.561. The van der Waals surface area contributed by atoms with Gasteiger partial charge in [-0.3, -0.25) is 0 Å². The number of anilines is 1. The minimum atomic E-state index is -0.567. The van der Waals surface area contributed by atoms with Gasteiger partial charge in [-0.15, -0.1) is 0 Å². The van der Waals surface area contributed by atoms with E-state index >= 15 is 0 Å². The molecule has 1 aliphatic heterocycles. The van der Waals surface area contributed by atoms with Crippen LogP contribution in [0.4, 0.5) is 10.5 Å². The Kier molecular flexibility index (Phi) is 6.44. The molecule has 0 radical (unpaired) electrons. The van der Waals surface area contributed by atoms with E-state index in [1.165, 1.54) is 5.56 Å². The molecular weight excluding hydrogens is 410 g/mol. The summed E-state index contributed by atoms with van der Waals surface area (Å²) in [5.41, 5.74) is 10.2. The van der Waals surface area contributed by atoms with Gasteiger partial charge < -0.3 is 20.7 Å². The normalized spacial score (nSPS) is 16.3. The molecule has 0 saturated carbocycles. The number of primary amides is 1. The van der Waals surface area contributed by atoms with Crippen molar-refractivity contribution in [1.29, 1.82) is 0 Å². The largest absolute Gasteiger partial charge is 0.488 e. The smallest absolute Gasteiger partial charge is 0.316 e. The van der Waals surface area contributed by atoms with Crippen LogP contribution in [-0.2, 0) is 6.42 Å². The van der Waals surface area contributed by atoms with Gasteiger partial charge >= 0.3 is 6.03 Å². The second-order valence-electron chi connectivity index (χ2n) is 7.99. The Morgan fingerprint density at radius 3 is 2.58 bits per heavy atom. The Balaban J connectivity index is 1.60. The molecule has 0 aromatic heterocycles. The van der Waals surface area contributed by atoms with Gasteiger partial charge in [-0.2, -0.15) is 0 Å². The number of nitrogens with zero attached hydrogens (tertiary/aromatic N) is 1. The van der Waals surface area contributed by atoms with E-state index in [0.717, 1.165) is 48.4 Å². The second kappa shape index (κ2) is 9.41. The SMILES string of the molecule is CN1CC[C@@H](Oc2ccc(Cc3ccc(NC(N)=O)cc3)cc2-c2cccc(Cl)c2)C1. The molecule has 1 saturated heterocycles. The molecule has 0 unspecified atom stereocenters. The number of likely N-dealkylation sites (N-methyl/N-ethyl adjacent to an activating group) is 1. The van der Waals surface area contributed by atoms with Gasteiger partial charge in [0.25, 0.3) is 0 Å². The Morgan fingerprint density at radius 1 is 1.13 bits per heavy atom. The lowest BCUT2D eigenvalue weighted by molar-refractivity contribution is 0.209. The molecular formula is C25H26ClN3O2. The van der Waals surface area contributed by atoms with Crippen LogP contribution < -0.4 is 15.8 Å². The molecule has 3 aromatic rings. The van der Waals surface area contributed by atoms with E-state index in [1.807, 2.05) is 42.5 Å². The molecule has 3 N–H and O–H groups in total. The average molecular weight is 436 g/mol. The summed E-state index contributed by atoms with van der Waals surface area (Å²) in [5.74, 6) is 0.882. The lowest BCUT2D eigenvalue weighted by Crippen LogP contribution is -2.21. The monoisotopic (exact) mass is 435 g/mol. The molecule has 3 aromatic carbocycles. The summed E-state index contributed by atoms with van der Waals surface area (Å²) < 4.78 is 6.39. The maximum atomic E-state index is 11.0. The van der Waals surface area contributed by atoms with Crippen LogP contribution in [0, 0.1) is 0 Å². The molecule has 160 valence electrons. The fourth-order valence-electron chi connectivity index (χ4n) is 3.93. The number of amides is 2. The number of carbonyl (C=O) groups is 1. The summed E-state index contributed by atoms with van der Waals surface area (Å²) in [7, 11) is 2.12. The highest BCUT2D eigenvalue weighted by Crippen LogP contribution is 2.34. The van der Waals surface area contributed by atoms with E-state index in [9.17, 15) is 4.79 Å². The van der Waals surface area contributed by atoms with Crippen LogP contribution in [-0.4, -0.2) is 37.2 Å². The number of likely N-dealkylation sites (tertiary alicyclic amines) is 1. The molecule has 6 heteroatoms. The molecule has 5 nitrogen and oxygen atoms in total. The highest BCUT2D eigenvalue weighted by Gasteiger charge is 2.22. The first-order chi connectivity index (χ1) is 15.0. The Bertz CT molecular complexity index is 1070. The summed E-state index contributed by atoms with van der Waals surface area (Å²) in [6.07, 6.45) is 1.98.